The maximum atomic E-state index is 12.4. The predicted molar refractivity (Wildman–Crippen MR) is 86.5 cm³/mol. The fourth-order valence-electron chi connectivity index (χ4n) is 2.31. The lowest BCUT2D eigenvalue weighted by Gasteiger charge is -2.19. The number of aromatic nitrogens is 2. The van der Waals surface area contributed by atoms with Gasteiger partial charge in [0.25, 0.3) is 11.5 Å². The molecule has 3 aromatic rings. The van der Waals surface area contributed by atoms with Crippen LogP contribution in [0.5, 0.6) is 0 Å². The highest BCUT2D eigenvalue weighted by Crippen LogP contribution is 2.15. The van der Waals surface area contributed by atoms with Crippen LogP contribution in [0.3, 0.4) is 0 Å². The van der Waals surface area contributed by atoms with Crippen LogP contribution in [0.1, 0.15) is 23.1 Å². The summed E-state index contributed by atoms with van der Waals surface area (Å²) >= 11 is 5.95. The minimum absolute atomic E-state index is 0.185. The summed E-state index contributed by atoms with van der Waals surface area (Å²) in [5.74, 6) is 0.221. The first-order valence-electron chi connectivity index (χ1n) is 7.08. The quantitative estimate of drug-likeness (QED) is 0.797. The second kappa shape index (κ2) is 6.26. The van der Waals surface area contributed by atoms with Crippen molar-refractivity contribution in [2.45, 2.75) is 13.5 Å². The molecule has 1 N–H and O–H groups in total. The molecule has 23 heavy (non-hydrogen) atoms. The van der Waals surface area contributed by atoms with E-state index in [9.17, 15) is 9.59 Å². The van der Waals surface area contributed by atoms with Gasteiger partial charge in [-0.15, -0.1) is 0 Å². The molecule has 7 heteroatoms. The molecule has 2 heterocycles. The number of halogens is 1. The van der Waals surface area contributed by atoms with E-state index in [0.717, 1.165) is 0 Å². The molecule has 0 saturated heterocycles. The van der Waals surface area contributed by atoms with Crippen LogP contribution in [0, 0.1) is 0 Å². The Morgan fingerprint density at radius 3 is 2.91 bits per heavy atom. The monoisotopic (exact) mass is 331 g/mol. The van der Waals surface area contributed by atoms with Gasteiger partial charge in [0, 0.05) is 11.6 Å². The van der Waals surface area contributed by atoms with E-state index in [1.54, 1.807) is 29.2 Å². The fourth-order valence-corrected chi connectivity index (χ4v) is 2.48. The van der Waals surface area contributed by atoms with Gasteiger partial charge in [0.15, 0.2) is 0 Å². The summed E-state index contributed by atoms with van der Waals surface area (Å²) in [6.07, 6.45) is 2.83. The van der Waals surface area contributed by atoms with Crippen molar-refractivity contribution in [3.05, 3.63) is 63.6 Å². The van der Waals surface area contributed by atoms with Crippen molar-refractivity contribution < 1.29 is 9.21 Å². The van der Waals surface area contributed by atoms with Gasteiger partial charge in [-0.2, -0.15) is 0 Å². The molecule has 1 aromatic carbocycles. The van der Waals surface area contributed by atoms with E-state index in [2.05, 4.69) is 9.97 Å². The van der Waals surface area contributed by atoms with Gasteiger partial charge >= 0.3 is 0 Å². The number of carbonyl (C=O) groups is 1. The summed E-state index contributed by atoms with van der Waals surface area (Å²) < 4.78 is 4.93. The maximum absolute atomic E-state index is 12.4. The molecule has 0 saturated carbocycles. The molecule has 0 aliphatic rings. The molecule has 1 amide bonds. The average molecular weight is 332 g/mol. The molecule has 0 atom stereocenters. The summed E-state index contributed by atoms with van der Waals surface area (Å²) in [6, 6.07) is 6.49. The Balaban J connectivity index is 1.93. The molecule has 0 unspecified atom stereocenters. The van der Waals surface area contributed by atoms with Crippen molar-refractivity contribution >= 4 is 28.4 Å². The van der Waals surface area contributed by atoms with Gasteiger partial charge < -0.3 is 14.3 Å². The number of benzene rings is 1. The highest BCUT2D eigenvalue weighted by Gasteiger charge is 2.17. The van der Waals surface area contributed by atoms with Gasteiger partial charge in [0.2, 0.25) is 0 Å². The number of nitrogens with zero attached hydrogens (tertiary/aromatic N) is 2. The molecule has 6 nitrogen and oxygen atoms in total. The largest absolute Gasteiger partial charge is 0.472 e. The number of rotatable bonds is 4. The van der Waals surface area contributed by atoms with Gasteiger partial charge in [-0.3, -0.25) is 9.59 Å². The number of H-pyrrole nitrogens is 1. The summed E-state index contributed by atoms with van der Waals surface area (Å²) in [4.78, 5) is 33.2. The average Bonchev–Trinajstić information content (AvgIpc) is 3.06. The number of aromatic amines is 1. The summed E-state index contributed by atoms with van der Waals surface area (Å²) in [6.45, 7) is 2.52. The molecule has 0 aliphatic carbocycles. The molecule has 0 bridgehead atoms. The Kier molecular flexibility index (Phi) is 4.16. The first-order valence-corrected chi connectivity index (χ1v) is 7.46. The van der Waals surface area contributed by atoms with Crippen molar-refractivity contribution in [2.24, 2.45) is 0 Å². The number of hydrogen-bond donors (Lipinski definition) is 1. The van der Waals surface area contributed by atoms with Crippen LogP contribution < -0.4 is 5.56 Å². The van der Waals surface area contributed by atoms with E-state index < -0.39 is 0 Å². The van der Waals surface area contributed by atoms with E-state index in [0.29, 0.717) is 33.9 Å². The Bertz CT molecular complexity index is 903. The summed E-state index contributed by atoms with van der Waals surface area (Å²) in [7, 11) is 0. The van der Waals surface area contributed by atoms with Gasteiger partial charge in [0.1, 0.15) is 12.1 Å². The smallest absolute Gasteiger partial charge is 0.258 e. The number of amides is 1. The molecule has 3 rings (SSSR count). The fraction of sp³-hybridized carbons (Fsp3) is 0.188. The van der Waals surface area contributed by atoms with Gasteiger partial charge in [-0.25, -0.2) is 4.98 Å². The van der Waals surface area contributed by atoms with Crippen molar-refractivity contribution in [2.75, 3.05) is 6.54 Å². The second-order valence-corrected chi connectivity index (χ2v) is 5.44. The minimum Gasteiger partial charge on any atom is -0.472 e. The molecule has 2 aromatic heterocycles. The number of fused-ring (bicyclic) bond motifs is 1. The van der Waals surface area contributed by atoms with Crippen molar-refractivity contribution in [1.29, 1.82) is 0 Å². The number of furan rings is 1. The van der Waals surface area contributed by atoms with Crippen molar-refractivity contribution in [3.8, 4) is 0 Å². The minimum atomic E-state index is -0.256. The lowest BCUT2D eigenvalue weighted by atomic mass is 10.2. The van der Waals surface area contributed by atoms with Crippen LogP contribution in [0.4, 0.5) is 0 Å². The maximum Gasteiger partial charge on any atom is 0.258 e. The van der Waals surface area contributed by atoms with E-state index >= 15 is 0 Å². The summed E-state index contributed by atoms with van der Waals surface area (Å²) in [5.41, 5.74) is 0.703. The lowest BCUT2D eigenvalue weighted by molar-refractivity contribution is 0.0747. The normalized spacial score (nSPS) is 10.9. The van der Waals surface area contributed by atoms with E-state index in [1.807, 2.05) is 6.92 Å². The Morgan fingerprint density at radius 2 is 2.22 bits per heavy atom. The van der Waals surface area contributed by atoms with E-state index in [1.165, 1.54) is 12.5 Å². The Morgan fingerprint density at radius 1 is 1.39 bits per heavy atom. The molecular formula is C16H14ClN3O3. The zero-order valence-corrected chi connectivity index (χ0v) is 13.1. The van der Waals surface area contributed by atoms with Gasteiger partial charge in [0.05, 0.1) is 29.3 Å². The second-order valence-electron chi connectivity index (χ2n) is 5.01. The van der Waals surface area contributed by atoms with Crippen molar-refractivity contribution in [3.63, 3.8) is 0 Å². The first-order chi connectivity index (χ1) is 11.1. The number of hydrogen-bond acceptors (Lipinski definition) is 4. The Hall–Kier alpha value is -2.60. The standard InChI is InChI=1S/C16H14ClN3O3/c1-2-20(16(22)10-5-6-23-9-10)8-14-18-13-7-11(17)3-4-12(13)15(21)19-14/h3-7,9H,2,8H2,1H3,(H,18,19,21). The third kappa shape index (κ3) is 3.12. The zero-order valence-electron chi connectivity index (χ0n) is 12.4. The van der Waals surface area contributed by atoms with Gasteiger partial charge in [-0.05, 0) is 31.2 Å². The lowest BCUT2D eigenvalue weighted by Crippen LogP contribution is -2.31. The van der Waals surface area contributed by atoms with Crippen LogP contribution in [-0.4, -0.2) is 27.3 Å². The molecule has 0 fully saturated rings. The van der Waals surface area contributed by atoms with E-state index in [-0.39, 0.29) is 18.0 Å². The predicted octanol–water partition coefficient (Wildman–Crippen LogP) is 2.83. The SMILES string of the molecule is CCN(Cc1nc2cc(Cl)ccc2c(=O)[nH]1)C(=O)c1ccoc1. The van der Waals surface area contributed by atoms with E-state index in [4.69, 9.17) is 16.0 Å². The Labute approximate surface area is 136 Å². The molecule has 118 valence electrons. The molecular weight excluding hydrogens is 318 g/mol. The molecule has 0 spiro atoms. The number of nitrogens with one attached hydrogen (secondary N) is 1. The van der Waals surface area contributed by atoms with Crippen LogP contribution >= 0.6 is 11.6 Å². The third-order valence-corrected chi connectivity index (χ3v) is 3.73. The molecule has 0 aliphatic heterocycles. The third-order valence-electron chi connectivity index (χ3n) is 3.50. The van der Waals surface area contributed by atoms with Gasteiger partial charge in [-0.1, -0.05) is 11.6 Å². The summed E-state index contributed by atoms with van der Waals surface area (Å²) in [5, 5.41) is 0.964. The van der Waals surface area contributed by atoms with Crippen LogP contribution in [0.25, 0.3) is 10.9 Å². The van der Waals surface area contributed by atoms with Crippen LogP contribution in [-0.2, 0) is 6.54 Å². The first kappa shape index (κ1) is 15.3. The highest BCUT2D eigenvalue weighted by atomic mass is 35.5. The number of carbonyl (C=O) groups excluding carboxylic acids is 1. The topological polar surface area (TPSA) is 79.2 Å². The molecule has 0 radical (unpaired) electrons. The zero-order chi connectivity index (χ0) is 16.4. The van der Waals surface area contributed by atoms with Crippen molar-refractivity contribution in [1.82, 2.24) is 14.9 Å². The van der Waals surface area contributed by atoms with Crippen LogP contribution in [0.15, 0.2) is 46.0 Å². The highest BCUT2D eigenvalue weighted by molar-refractivity contribution is 6.31. The van der Waals surface area contributed by atoms with Crippen LogP contribution in [0.2, 0.25) is 5.02 Å².